The van der Waals surface area contributed by atoms with E-state index in [9.17, 15) is 0 Å². The Morgan fingerprint density at radius 1 is 1.29 bits per heavy atom. The molecule has 0 aliphatic heterocycles. The van der Waals surface area contributed by atoms with Crippen LogP contribution in [0.5, 0.6) is 0 Å². The van der Waals surface area contributed by atoms with Crippen LogP contribution in [0.4, 0.5) is 0 Å². The minimum absolute atomic E-state index is 1.00. The lowest BCUT2D eigenvalue weighted by atomic mass is 10.1. The Hall–Kier alpha value is -2.29. The van der Waals surface area contributed by atoms with Crippen LogP contribution in [0, 0.1) is 11.3 Å². The molecule has 0 radical (unpaired) electrons. The zero-order chi connectivity index (χ0) is 12.9. The third-order valence-electron chi connectivity index (χ3n) is 1.84. The molecule has 1 heteroatoms. The van der Waals surface area contributed by atoms with E-state index in [1.165, 1.54) is 11.6 Å². The Morgan fingerprint density at radius 3 is 2.29 bits per heavy atom. The van der Waals surface area contributed by atoms with E-state index >= 15 is 0 Å². The van der Waals surface area contributed by atoms with Crippen molar-refractivity contribution in [2.75, 3.05) is 0 Å². The van der Waals surface area contributed by atoms with Crippen LogP contribution in [0.25, 0.3) is 5.57 Å². The molecule has 0 unspecified atom stereocenters. The highest BCUT2D eigenvalue weighted by Crippen LogP contribution is 2.12. The van der Waals surface area contributed by atoms with Gasteiger partial charge in [0.25, 0.3) is 0 Å². The van der Waals surface area contributed by atoms with Crippen molar-refractivity contribution in [2.45, 2.75) is 13.3 Å². The van der Waals surface area contributed by atoms with E-state index in [-0.39, 0.29) is 0 Å². The molecule has 1 aromatic carbocycles. The molecule has 0 fully saturated rings. The van der Waals surface area contributed by atoms with Crippen LogP contribution >= 0.6 is 0 Å². The van der Waals surface area contributed by atoms with Gasteiger partial charge in [-0.15, -0.1) is 5.73 Å². The molecule has 0 saturated heterocycles. The average Bonchev–Trinajstić information content (AvgIpc) is 2.41. The summed E-state index contributed by atoms with van der Waals surface area (Å²) >= 11 is 0. The summed E-state index contributed by atoms with van der Waals surface area (Å²) in [7, 11) is 0. The Kier molecular flexibility index (Phi) is 8.86. The number of nitriles is 1. The first-order valence-electron chi connectivity index (χ1n) is 5.43. The minimum atomic E-state index is 1.00. The van der Waals surface area contributed by atoms with Crippen molar-refractivity contribution < 1.29 is 0 Å². The summed E-state index contributed by atoms with van der Waals surface area (Å²) in [6.45, 7) is 8.98. The van der Waals surface area contributed by atoms with E-state index in [1.54, 1.807) is 6.07 Å². The SMILES string of the molecule is C=CC#N.C=CC(=C=CCC)c1ccccc1. The second-order valence-electron chi connectivity index (χ2n) is 3.07. The molecule has 0 atom stereocenters. The fraction of sp³-hybridized carbons (Fsp3) is 0.125. The molecule has 1 nitrogen and oxygen atoms in total. The molecule has 17 heavy (non-hydrogen) atoms. The zero-order valence-electron chi connectivity index (χ0n) is 10.2. The number of benzene rings is 1. The van der Waals surface area contributed by atoms with Crippen molar-refractivity contribution in [3.63, 3.8) is 0 Å². The van der Waals surface area contributed by atoms with Gasteiger partial charge in [0, 0.05) is 11.6 Å². The number of hydrogen-bond donors (Lipinski definition) is 0. The van der Waals surface area contributed by atoms with Gasteiger partial charge < -0.3 is 0 Å². The quantitative estimate of drug-likeness (QED) is 0.420. The monoisotopic (exact) mass is 223 g/mol. The summed E-state index contributed by atoms with van der Waals surface area (Å²) in [5, 5.41) is 7.51. The van der Waals surface area contributed by atoms with Crippen LogP contribution in [0.3, 0.4) is 0 Å². The van der Waals surface area contributed by atoms with Gasteiger partial charge in [0.1, 0.15) is 0 Å². The Morgan fingerprint density at radius 2 is 1.88 bits per heavy atom. The predicted octanol–water partition coefficient (Wildman–Crippen LogP) is 4.52. The Labute approximate surface area is 104 Å². The maximum absolute atomic E-state index is 7.51. The maximum Gasteiger partial charge on any atom is 0.0905 e. The third-order valence-corrected chi connectivity index (χ3v) is 1.84. The van der Waals surface area contributed by atoms with Crippen molar-refractivity contribution >= 4 is 5.57 Å². The van der Waals surface area contributed by atoms with Gasteiger partial charge in [0.05, 0.1) is 6.07 Å². The average molecular weight is 223 g/mol. The highest BCUT2D eigenvalue weighted by molar-refractivity contribution is 5.72. The lowest BCUT2D eigenvalue weighted by molar-refractivity contribution is 1.23. The van der Waals surface area contributed by atoms with Crippen molar-refractivity contribution in [3.8, 4) is 6.07 Å². The number of nitrogens with zero attached hydrogens (tertiary/aromatic N) is 1. The predicted molar refractivity (Wildman–Crippen MR) is 74.2 cm³/mol. The smallest absolute Gasteiger partial charge is 0.0905 e. The van der Waals surface area contributed by atoms with Crippen molar-refractivity contribution in [3.05, 3.63) is 73.0 Å². The fourth-order valence-electron chi connectivity index (χ4n) is 1.09. The molecule has 0 aromatic heterocycles. The van der Waals surface area contributed by atoms with Gasteiger partial charge in [0.15, 0.2) is 0 Å². The molecule has 0 bridgehead atoms. The molecule has 1 aromatic rings. The Bertz CT molecular complexity index is 440. The first-order valence-corrected chi connectivity index (χ1v) is 5.43. The summed E-state index contributed by atoms with van der Waals surface area (Å²) in [6, 6.07) is 11.9. The van der Waals surface area contributed by atoms with E-state index in [0.29, 0.717) is 0 Å². The van der Waals surface area contributed by atoms with Gasteiger partial charge in [-0.25, -0.2) is 0 Å². The summed E-state index contributed by atoms with van der Waals surface area (Å²) < 4.78 is 0. The second-order valence-corrected chi connectivity index (χ2v) is 3.07. The topological polar surface area (TPSA) is 23.8 Å². The van der Waals surface area contributed by atoms with Gasteiger partial charge in [-0.1, -0.05) is 56.5 Å². The lowest BCUT2D eigenvalue weighted by Crippen LogP contribution is -1.76. The largest absolute Gasteiger partial charge is 0.193 e. The van der Waals surface area contributed by atoms with E-state index in [1.807, 2.05) is 30.4 Å². The van der Waals surface area contributed by atoms with Crippen LogP contribution < -0.4 is 0 Å². The first-order chi connectivity index (χ1) is 8.29. The third kappa shape index (κ3) is 6.73. The molecule has 0 aliphatic carbocycles. The van der Waals surface area contributed by atoms with Gasteiger partial charge >= 0.3 is 0 Å². The summed E-state index contributed by atoms with van der Waals surface area (Å²) in [5.74, 6) is 0. The van der Waals surface area contributed by atoms with Gasteiger partial charge in [-0.3, -0.25) is 0 Å². The highest BCUT2D eigenvalue weighted by atomic mass is 14.2. The van der Waals surface area contributed by atoms with Crippen LogP contribution in [0.2, 0.25) is 0 Å². The normalized spacial score (nSPS) is 7.53. The summed E-state index contributed by atoms with van der Waals surface area (Å²) in [6.07, 6.45) is 6.04. The van der Waals surface area contributed by atoms with E-state index < -0.39 is 0 Å². The van der Waals surface area contributed by atoms with Crippen molar-refractivity contribution in [1.29, 1.82) is 5.26 Å². The van der Waals surface area contributed by atoms with Gasteiger partial charge in [-0.2, -0.15) is 5.26 Å². The molecule has 86 valence electrons. The molecular formula is C16H17N. The first kappa shape index (κ1) is 14.7. The molecular weight excluding hydrogens is 206 g/mol. The minimum Gasteiger partial charge on any atom is -0.193 e. The molecule has 0 spiro atoms. The molecule has 0 aliphatic rings. The summed E-state index contributed by atoms with van der Waals surface area (Å²) in [4.78, 5) is 0. The fourth-order valence-corrected chi connectivity index (χ4v) is 1.09. The van der Waals surface area contributed by atoms with Crippen molar-refractivity contribution in [2.24, 2.45) is 0 Å². The highest BCUT2D eigenvalue weighted by Gasteiger charge is 1.92. The molecule has 0 heterocycles. The standard InChI is InChI=1S/C13H14.C3H3N/c1-3-5-9-12(4-2)13-10-7-6-8-11-13;1-2-3-4/h4-8,10-11H,2-3H2,1H3;2H,1H2. The molecule has 0 amide bonds. The zero-order valence-corrected chi connectivity index (χ0v) is 10.2. The lowest BCUT2D eigenvalue weighted by Gasteiger charge is -1.96. The van der Waals surface area contributed by atoms with E-state index in [4.69, 9.17) is 5.26 Å². The summed E-state index contributed by atoms with van der Waals surface area (Å²) in [5.41, 5.74) is 5.44. The van der Waals surface area contributed by atoms with Crippen molar-refractivity contribution in [1.82, 2.24) is 0 Å². The Balaban J connectivity index is 0.000000557. The van der Waals surface area contributed by atoms with Crippen LogP contribution in [-0.2, 0) is 0 Å². The number of rotatable bonds is 3. The van der Waals surface area contributed by atoms with E-state index in [0.717, 1.165) is 12.0 Å². The van der Waals surface area contributed by atoms with E-state index in [2.05, 4.69) is 37.9 Å². The van der Waals surface area contributed by atoms with Gasteiger partial charge in [-0.05, 0) is 18.1 Å². The number of allylic oxidation sites excluding steroid dienone is 3. The van der Waals surface area contributed by atoms with Crippen LogP contribution in [-0.4, -0.2) is 0 Å². The maximum atomic E-state index is 7.51. The van der Waals surface area contributed by atoms with Crippen LogP contribution in [0.15, 0.2) is 67.4 Å². The second kappa shape index (κ2) is 10.2. The molecule has 1 rings (SSSR count). The van der Waals surface area contributed by atoms with Crippen LogP contribution in [0.1, 0.15) is 18.9 Å². The van der Waals surface area contributed by atoms with Gasteiger partial charge in [0.2, 0.25) is 0 Å². The molecule has 0 N–H and O–H groups in total. The molecule has 0 saturated carbocycles. The number of hydrogen-bond acceptors (Lipinski definition) is 1.